The molecular weight excluding hydrogens is 286 g/mol. The van der Waals surface area contributed by atoms with Gasteiger partial charge in [-0.3, -0.25) is 4.79 Å². The van der Waals surface area contributed by atoms with Crippen LogP contribution in [0.3, 0.4) is 0 Å². The number of carbonyl (C=O) groups excluding carboxylic acids is 1. The lowest BCUT2D eigenvalue weighted by Gasteiger charge is -2.09. The summed E-state index contributed by atoms with van der Waals surface area (Å²) in [5.41, 5.74) is 0. The average molecular weight is 326 g/mol. The normalized spacial score (nSPS) is 11.5. The molecule has 0 aliphatic carbocycles. The number of rotatable bonds is 16. The van der Waals surface area contributed by atoms with Crippen molar-refractivity contribution in [1.82, 2.24) is 4.90 Å². The Bertz CT molecular complexity index is 287. The Balaban J connectivity index is 3.21. The van der Waals surface area contributed by atoms with Crippen LogP contribution in [0.4, 0.5) is 0 Å². The standard InChI is InChI=1S/C20H39NO2/c1-4-5-6-7-8-9-10-11-12-13-14-15-16-17-20(22)23-19-18-21(2)3/h9-10H,4-8,11-19H2,1-3H3/b10-9+. The Morgan fingerprint density at radius 3 is 2.04 bits per heavy atom. The minimum atomic E-state index is -0.0437. The van der Waals surface area contributed by atoms with E-state index < -0.39 is 0 Å². The van der Waals surface area contributed by atoms with Gasteiger partial charge in [0.2, 0.25) is 0 Å². The molecule has 0 bridgehead atoms. The predicted molar refractivity (Wildman–Crippen MR) is 99.7 cm³/mol. The largest absolute Gasteiger partial charge is 0.464 e. The molecule has 0 rings (SSSR count). The Hall–Kier alpha value is -0.830. The zero-order valence-corrected chi connectivity index (χ0v) is 15.8. The van der Waals surface area contributed by atoms with E-state index in [4.69, 9.17) is 4.74 Å². The van der Waals surface area contributed by atoms with Crippen LogP contribution in [0.25, 0.3) is 0 Å². The second-order valence-electron chi connectivity index (χ2n) is 6.65. The van der Waals surface area contributed by atoms with E-state index in [-0.39, 0.29) is 5.97 Å². The van der Waals surface area contributed by atoms with Gasteiger partial charge in [-0.05, 0) is 46.2 Å². The van der Waals surface area contributed by atoms with E-state index in [2.05, 4.69) is 19.1 Å². The summed E-state index contributed by atoms with van der Waals surface area (Å²) in [7, 11) is 3.96. The van der Waals surface area contributed by atoms with E-state index in [0.29, 0.717) is 13.0 Å². The number of likely N-dealkylation sites (N-methyl/N-ethyl adjacent to an activating group) is 1. The molecule has 0 aliphatic rings. The summed E-state index contributed by atoms with van der Waals surface area (Å²) in [4.78, 5) is 13.5. The third-order valence-electron chi connectivity index (χ3n) is 3.94. The number of ether oxygens (including phenoxy) is 1. The van der Waals surface area contributed by atoms with Crippen LogP contribution in [0.1, 0.15) is 84.0 Å². The second kappa shape index (κ2) is 17.5. The molecular formula is C20H39NO2. The summed E-state index contributed by atoms with van der Waals surface area (Å²) in [6.45, 7) is 3.57. The van der Waals surface area contributed by atoms with Gasteiger partial charge in [-0.25, -0.2) is 0 Å². The van der Waals surface area contributed by atoms with E-state index in [0.717, 1.165) is 19.4 Å². The van der Waals surface area contributed by atoms with Crippen molar-refractivity contribution < 1.29 is 9.53 Å². The van der Waals surface area contributed by atoms with Crippen molar-refractivity contribution in [2.45, 2.75) is 84.0 Å². The van der Waals surface area contributed by atoms with Crippen LogP contribution in [-0.4, -0.2) is 38.1 Å². The summed E-state index contributed by atoms with van der Waals surface area (Å²) in [5.74, 6) is -0.0437. The number of allylic oxidation sites excluding steroid dienone is 2. The Kier molecular flexibility index (Phi) is 16.9. The topological polar surface area (TPSA) is 29.5 Å². The highest BCUT2D eigenvalue weighted by molar-refractivity contribution is 5.69. The molecule has 136 valence electrons. The number of carbonyl (C=O) groups is 1. The van der Waals surface area contributed by atoms with Crippen LogP contribution in [0.15, 0.2) is 12.2 Å². The lowest BCUT2D eigenvalue weighted by atomic mass is 10.1. The fourth-order valence-corrected chi connectivity index (χ4v) is 2.40. The molecule has 3 heteroatoms. The van der Waals surface area contributed by atoms with Crippen molar-refractivity contribution >= 4 is 5.97 Å². The second-order valence-corrected chi connectivity index (χ2v) is 6.65. The summed E-state index contributed by atoms with van der Waals surface area (Å²) in [6, 6.07) is 0. The molecule has 0 unspecified atom stereocenters. The first-order valence-corrected chi connectivity index (χ1v) is 9.62. The van der Waals surface area contributed by atoms with Crippen LogP contribution >= 0.6 is 0 Å². The minimum absolute atomic E-state index is 0.0437. The summed E-state index contributed by atoms with van der Waals surface area (Å²) in [6.07, 6.45) is 19.0. The van der Waals surface area contributed by atoms with Gasteiger partial charge in [0, 0.05) is 13.0 Å². The zero-order chi connectivity index (χ0) is 17.2. The zero-order valence-electron chi connectivity index (χ0n) is 15.8. The van der Waals surface area contributed by atoms with Crippen LogP contribution in [0.2, 0.25) is 0 Å². The van der Waals surface area contributed by atoms with Gasteiger partial charge in [0.05, 0.1) is 0 Å². The first-order valence-electron chi connectivity index (χ1n) is 9.62. The Morgan fingerprint density at radius 1 is 0.870 bits per heavy atom. The third-order valence-corrected chi connectivity index (χ3v) is 3.94. The molecule has 0 spiro atoms. The fourth-order valence-electron chi connectivity index (χ4n) is 2.40. The van der Waals surface area contributed by atoms with Gasteiger partial charge in [-0.1, -0.05) is 57.6 Å². The first kappa shape index (κ1) is 22.2. The maximum absolute atomic E-state index is 11.5. The molecule has 0 amide bonds. The van der Waals surface area contributed by atoms with Crippen LogP contribution in [0, 0.1) is 0 Å². The predicted octanol–water partition coefficient (Wildman–Crippen LogP) is 5.35. The Labute approximate surface area is 144 Å². The van der Waals surface area contributed by atoms with E-state index in [1.807, 2.05) is 19.0 Å². The molecule has 0 fully saturated rings. The molecule has 0 aromatic rings. The fraction of sp³-hybridized carbons (Fsp3) is 0.850. The molecule has 0 saturated heterocycles. The number of unbranched alkanes of at least 4 members (excludes halogenated alkanes) is 9. The van der Waals surface area contributed by atoms with Gasteiger partial charge >= 0.3 is 5.97 Å². The monoisotopic (exact) mass is 325 g/mol. The van der Waals surface area contributed by atoms with Gasteiger partial charge < -0.3 is 9.64 Å². The lowest BCUT2D eigenvalue weighted by Crippen LogP contribution is -2.20. The minimum Gasteiger partial charge on any atom is -0.464 e. The van der Waals surface area contributed by atoms with E-state index in [9.17, 15) is 4.79 Å². The number of esters is 1. The molecule has 23 heavy (non-hydrogen) atoms. The van der Waals surface area contributed by atoms with Gasteiger partial charge in [0.15, 0.2) is 0 Å². The molecule has 0 aliphatic heterocycles. The highest BCUT2D eigenvalue weighted by Crippen LogP contribution is 2.09. The van der Waals surface area contributed by atoms with Crippen molar-refractivity contribution in [3.63, 3.8) is 0 Å². The van der Waals surface area contributed by atoms with Crippen molar-refractivity contribution in [3.05, 3.63) is 12.2 Å². The van der Waals surface area contributed by atoms with Crippen LogP contribution in [-0.2, 0) is 9.53 Å². The quantitative estimate of drug-likeness (QED) is 0.218. The summed E-state index contributed by atoms with van der Waals surface area (Å²) in [5, 5.41) is 0. The number of nitrogens with zero attached hydrogens (tertiary/aromatic N) is 1. The van der Waals surface area contributed by atoms with Crippen molar-refractivity contribution in [1.29, 1.82) is 0 Å². The average Bonchev–Trinajstić information content (AvgIpc) is 2.51. The van der Waals surface area contributed by atoms with E-state index >= 15 is 0 Å². The van der Waals surface area contributed by atoms with E-state index in [1.54, 1.807) is 0 Å². The van der Waals surface area contributed by atoms with Gasteiger partial charge in [0.1, 0.15) is 6.61 Å². The SMILES string of the molecule is CCCCCC/C=C/CCCCCCCC(=O)OCCN(C)C. The van der Waals surface area contributed by atoms with Gasteiger partial charge in [-0.15, -0.1) is 0 Å². The maximum atomic E-state index is 11.5. The summed E-state index contributed by atoms with van der Waals surface area (Å²) < 4.78 is 5.17. The number of hydrogen-bond donors (Lipinski definition) is 0. The van der Waals surface area contributed by atoms with Crippen LogP contribution in [0.5, 0.6) is 0 Å². The summed E-state index contributed by atoms with van der Waals surface area (Å²) >= 11 is 0. The molecule has 0 heterocycles. The maximum Gasteiger partial charge on any atom is 0.305 e. The Morgan fingerprint density at radius 2 is 1.43 bits per heavy atom. The molecule has 0 saturated carbocycles. The van der Waals surface area contributed by atoms with Crippen molar-refractivity contribution in [2.24, 2.45) is 0 Å². The molecule has 0 radical (unpaired) electrons. The first-order chi connectivity index (χ1) is 11.2. The number of hydrogen-bond acceptors (Lipinski definition) is 3. The van der Waals surface area contributed by atoms with E-state index in [1.165, 1.54) is 57.8 Å². The lowest BCUT2D eigenvalue weighted by molar-refractivity contribution is -0.144. The molecule has 0 aromatic heterocycles. The van der Waals surface area contributed by atoms with Gasteiger partial charge in [0.25, 0.3) is 0 Å². The smallest absolute Gasteiger partial charge is 0.305 e. The molecule has 3 nitrogen and oxygen atoms in total. The van der Waals surface area contributed by atoms with Gasteiger partial charge in [-0.2, -0.15) is 0 Å². The molecule has 0 N–H and O–H groups in total. The highest BCUT2D eigenvalue weighted by Gasteiger charge is 2.02. The van der Waals surface area contributed by atoms with Crippen LogP contribution < -0.4 is 0 Å². The van der Waals surface area contributed by atoms with Crippen molar-refractivity contribution in [3.8, 4) is 0 Å². The highest BCUT2D eigenvalue weighted by atomic mass is 16.5. The molecule has 0 aromatic carbocycles. The molecule has 0 atom stereocenters. The van der Waals surface area contributed by atoms with Crippen molar-refractivity contribution in [2.75, 3.05) is 27.2 Å². The third kappa shape index (κ3) is 19.1.